The Hall–Kier alpha value is -0.900. The van der Waals surface area contributed by atoms with Crippen molar-refractivity contribution in [1.82, 2.24) is 19.8 Å². The van der Waals surface area contributed by atoms with Crippen molar-refractivity contribution in [3.8, 4) is 0 Å². The van der Waals surface area contributed by atoms with Gasteiger partial charge in [0.25, 0.3) is 0 Å². The van der Waals surface area contributed by atoms with Gasteiger partial charge in [0.15, 0.2) is 5.96 Å². The van der Waals surface area contributed by atoms with Crippen molar-refractivity contribution in [3.05, 3.63) is 0 Å². The van der Waals surface area contributed by atoms with E-state index < -0.39 is 10.0 Å². The summed E-state index contributed by atoms with van der Waals surface area (Å²) >= 11 is 0. The van der Waals surface area contributed by atoms with Gasteiger partial charge in [-0.15, -0.1) is 0 Å². The van der Waals surface area contributed by atoms with Crippen molar-refractivity contribution in [1.29, 1.82) is 0 Å². The summed E-state index contributed by atoms with van der Waals surface area (Å²) in [6.07, 6.45) is 1.85. The second-order valence-electron chi connectivity index (χ2n) is 7.38. The highest BCUT2D eigenvalue weighted by Gasteiger charge is 2.27. The zero-order chi connectivity index (χ0) is 19.0. The summed E-state index contributed by atoms with van der Waals surface area (Å²) in [5, 5.41) is 6.64. The molecule has 0 bridgehead atoms. The molecule has 0 aromatic carbocycles. The first-order valence-corrected chi connectivity index (χ1v) is 11.3. The number of sulfonamides is 1. The highest BCUT2D eigenvalue weighted by Crippen LogP contribution is 2.13. The number of nitrogens with zero attached hydrogens (tertiary/aromatic N) is 3. The molecule has 2 aliphatic rings. The molecule has 0 aliphatic carbocycles. The molecule has 9 heteroatoms. The maximum atomic E-state index is 11.8. The fraction of sp³-hybridized carbons (Fsp3) is 0.941. The van der Waals surface area contributed by atoms with E-state index in [-0.39, 0.29) is 5.75 Å². The van der Waals surface area contributed by atoms with E-state index in [0.29, 0.717) is 31.6 Å². The monoisotopic (exact) mass is 389 g/mol. The van der Waals surface area contributed by atoms with E-state index in [1.807, 2.05) is 0 Å². The second-order valence-corrected chi connectivity index (χ2v) is 9.47. The van der Waals surface area contributed by atoms with Crippen LogP contribution in [0.2, 0.25) is 0 Å². The minimum atomic E-state index is -3.03. The van der Waals surface area contributed by atoms with Gasteiger partial charge in [-0.2, -0.15) is 0 Å². The molecular weight excluding hydrogens is 354 g/mol. The molecule has 26 heavy (non-hydrogen) atoms. The highest BCUT2D eigenvalue weighted by molar-refractivity contribution is 7.89. The molecular formula is C17H35N5O3S. The van der Waals surface area contributed by atoms with E-state index in [1.165, 1.54) is 0 Å². The Bertz CT molecular complexity index is 547. The molecule has 2 saturated heterocycles. The Balaban J connectivity index is 1.77. The Labute approximate surface area is 158 Å². The molecule has 2 fully saturated rings. The highest BCUT2D eigenvalue weighted by atomic mass is 32.2. The topological polar surface area (TPSA) is 86.3 Å². The van der Waals surface area contributed by atoms with E-state index in [1.54, 1.807) is 11.4 Å². The minimum Gasteiger partial charge on any atom is -0.379 e. The van der Waals surface area contributed by atoms with Crippen molar-refractivity contribution in [2.24, 2.45) is 10.9 Å². The lowest BCUT2D eigenvalue weighted by Gasteiger charge is -2.35. The summed E-state index contributed by atoms with van der Waals surface area (Å²) in [4.78, 5) is 6.75. The van der Waals surface area contributed by atoms with Crippen LogP contribution in [0.25, 0.3) is 0 Å². The van der Waals surface area contributed by atoms with Gasteiger partial charge < -0.3 is 15.4 Å². The molecule has 0 saturated carbocycles. The van der Waals surface area contributed by atoms with Crippen LogP contribution in [-0.2, 0) is 14.8 Å². The van der Waals surface area contributed by atoms with Crippen LogP contribution >= 0.6 is 0 Å². The quantitative estimate of drug-likeness (QED) is 0.447. The fourth-order valence-corrected chi connectivity index (χ4v) is 5.05. The lowest BCUT2D eigenvalue weighted by Crippen LogP contribution is -2.51. The summed E-state index contributed by atoms with van der Waals surface area (Å²) in [5.41, 5.74) is 0. The van der Waals surface area contributed by atoms with E-state index in [9.17, 15) is 8.42 Å². The van der Waals surface area contributed by atoms with Gasteiger partial charge in [-0.25, -0.2) is 12.7 Å². The molecule has 0 amide bonds. The van der Waals surface area contributed by atoms with E-state index in [0.717, 1.165) is 51.6 Å². The van der Waals surface area contributed by atoms with Gasteiger partial charge in [0, 0.05) is 52.4 Å². The van der Waals surface area contributed by atoms with Crippen LogP contribution in [0.1, 0.15) is 26.7 Å². The maximum Gasteiger partial charge on any atom is 0.214 e. The molecule has 1 atom stereocenters. The lowest BCUT2D eigenvalue weighted by atomic mass is 10.0. The number of ether oxygens (including phenoxy) is 1. The van der Waals surface area contributed by atoms with Gasteiger partial charge in [0.05, 0.1) is 19.0 Å². The molecule has 2 rings (SSSR count). The van der Waals surface area contributed by atoms with Crippen LogP contribution in [-0.4, -0.2) is 94.9 Å². The third-order valence-electron chi connectivity index (χ3n) is 4.89. The molecule has 0 spiro atoms. The van der Waals surface area contributed by atoms with Crippen LogP contribution in [0.3, 0.4) is 0 Å². The Kier molecular flexibility index (Phi) is 8.59. The van der Waals surface area contributed by atoms with Crippen LogP contribution in [0.4, 0.5) is 0 Å². The molecule has 1 unspecified atom stereocenters. The average molecular weight is 390 g/mol. The average Bonchev–Trinajstić information content (AvgIpc) is 2.95. The zero-order valence-corrected chi connectivity index (χ0v) is 17.2. The summed E-state index contributed by atoms with van der Waals surface area (Å²) < 4.78 is 30.7. The number of hydrogen-bond donors (Lipinski definition) is 2. The number of hydrogen-bond acceptors (Lipinski definition) is 5. The molecule has 0 aromatic heterocycles. The van der Waals surface area contributed by atoms with Crippen LogP contribution < -0.4 is 10.6 Å². The summed E-state index contributed by atoms with van der Waals surface area (Å²) in [7, 11) is -1.29. The predicted octanol–water partition coefficient (Wildman–Crippen LogP) is -0.0662. The van der Waals surface area contributed by atoms with Crippen LogP contribution in [0.5, 0.6) is 0 Å². The van der Waals surface area contributed by atoms with Gasteiger partial charge in [-0.3, -0.25) is 9.89 Å². The molecule has 8 nitrogen and oxygen atoms in total. The lowest BCUT2D eigenvalue weighted by molar-refractivity contribution is 0.0132. The zero-order valence-electron chi connectivity index (χ0n) is 16.4. The minimum absolute atomic E-state index is 0.274. The third-order valence-corrected chi connectivity index (χ3v) is 6.85. The first-order valence-electron chi connectivity index (χ1n) is 9.66. The maximum absolute atomic E-state index is 11.8. The second kappa shape index (κ2) is 10.4. The fourth-order valence-electron chi connectivity index (χ4n) is 3.52. The van der Waals surface area contributed by atoms with E-state index >= 15 is 0 Å². The Morgan fingerprint density at radius 3 is 2.50 bits per heavy atom. The number of rotatable bonds is 8. The number of aliphatic imine (C=N–C) groups is 1. The summed E-state index contributed by atoms with van der Waals surface area (Å²) in [5.74, 6) is 1.62. The van der Waals surface area contributed by atoms with Crippen molar-refractivity contribution in [3.63, 3.8) is 0 Å². The van der Waals surface area contributed by atoms with Crippen molar-refractivity contribution in [2.75, 3.05) is 65.3 Å². The normalized spacial score (nSPS) is 23.3. The number of guanidine groups is 1. The van der Waals surface area contributed by atoms with Crippen molar-refractivity contribution in [2.45, 2.75) is 32.7 Å². The van der Waals surface area contributed by atoms with Gasteiger partial charge in [-0.05, 0) is 18.8 Å². The number of morpholine rings is 1. The van der Waals surface area contributed by atoms with Gasteiger partial charge in [-0.1, -0.05) is 13.8 Å². The standard InChI is InChI=1S/C17H35N5O3S/c1-15(2)13-16(21-8-10-25-11-9-21)14-20-17(18-3)19-5-7-22-6-4-12-26(22,23)24/h15-16H,4-14H2,1-3H3,(H2,18,19,20). The summed E-state index contributed by atoms with van der Waals surface area (Å²) in [6.45, 7) is 10.5. The van der Waals surface area contributed by atoms with Gasteiger partial charge in [0.2, 0.25) is 10.0 Å². The Morgan fingerprint density at radius 1 is 1.19 bits per heavy atom. The molecule has 2 heterocycles. The first kappa shape index (κ1) is 21.4. The van der Waals surface area contributed by atoms with Gasteiger partial charge in [0.1, 0.15) is 0 Å². The third kappa shape index (κ3) is 6.68. The van der Waals surface area contributed by atoms with Crippen molar-refractivity contribution < 1.29 is 13.2 Å². The van der Waals surface area contributed by atoms with E-state index in [4.69, 9.17) is 4.74 Å². The molecule has 2 N–H and O–H groups in total. The summed E-state index contributed by atoms with van der Waals surface area (Å²) in [6, 6.07) is 0.441. The predicted molar refractivity (Wildman–Crippen MR) is 105 cm³/mol. The van der Waals surface area contributed by atoms with Gasteiger partial charge >= 0.3 is 0 Å². The number of nitrogens with one attached hydrogen (secondary N) is 2. The van der Waals surface area contributed by atoms with E-state index in [2.05, 4.69) is 34.4 Å². The SMILES string of the molecule is CN=C(NCCN1CCCS1(=O)=O)NCC(CC(C)C)N1CCOCC1. The molecule has 0 aromatic rings. The molecule has 0 radical (unpaired) electrons. The molecule has 152 valence electrons. The van der Waals surface area contributed by atoms with Crippen LogP contribution in [0.15, 0.2) is 4.99 Å². The molecule has 2 aliphatic heterocycles. The first-order chi connectivity index (χ1) is 12.4. The van der Waals surface area contributed by atoms with Crippen LogP contribution in [0, 0.1) is 5.92 Å². The Morgan fingerprint density at radius 2 is 1.92 bits per heavy atom. The van der Waals surface area contributed by atoms with Crippen molar-refractivity contribution >= 4 is 16.0 Å². The largest absolute Gasteiger partial charge is 0.379 e. The smallest absolute Gasteiger partial charge is 0.214 e.